The van der Waals surface area contributed by atoms with E-state index in [0.717, 1.165) is 12.0 Å². The number of carboxylic acids is 1. The predicted molar refractivity (Wildman–Crippen MR) is 91.0 cm³/mol. The van der Waals surface area contributed by atoms with E-state index in [9.17, 15) is 18.9 Å². The summed E-state index contributed by atoms with van der Waals surface area (Å²) in [5.41, 5.74) is 2.37. The van der Waals surface area contributed by atoms with Crippen LogP contribution in [0.25, 0.3) is 0 Å². The molecule has 1 aromatic heterocycles. The molecule has 5 nitrogen and oxygen atoms in total. The third kappa shape index (κ3) is 2.71. The molecule has 1 N–H and O–H groups in total. The van der Waals surface area contributed by atoms with Gasteiger partial charge >= 0.3 is 5.97 Å². The number of aryl methyl sites for hydroxylation is 1. The summed E-state index contributed by atoms with van der Waals surface area (Å²) in [5.74, 6) is -1.63. The molecule has 3 rings (SSSR count). The minimum absolute atomic E-state index is 0.199. The summed E-state index contributed by atoms with van der Waals surface area (Å²) >= 11 is 0. The Balaban J connectivity index is 2.13. The fourth-order valence-electron chi connectivity index (χ4n) is 3.43. The summed E-state index contributed by atoms with van der Waals surface area (Å²) in [4.78, 5) is 25.1. The third-order valence-corrected chi connectivity index (χ3v) is 5.48. The quantitative estimate of drug-likeness (QED) is 0.865. The monoisotopic (exact) mass is 345 g/mol. The molecule has 1 aliphatic rings. The van der Waals surface area contributed by atoms with Crippen LogP contribution in [0.5, 0.6) is 0 Å². The number of ketones is 1. The van der Waals surface area contributed by atoms with Crippen LogP contribution in [0, 0.1) is 6.92 Å². The van der Waals surface area contributed by atoms with Gasteiger partial charge in [-0.1, -0.05) is 12.1 Å². The lowest BCUT2D eigenvalue weighted by Crippen LogP contribution is -2.24. The minimum atomic E-state index is -1.27. The predicted octanol–water partition coefficient (Wildman–Crippen LogP) is 2.73. The molecule has 0 bridgehead atoms. The summed E-state index contributed by atoms with van der Waals surface area (Å²) in [5, 5.41) is 9.42. The lowest BCUT2D eigenvalue weighted by molar-refractivity contribution is -0.139. The fourth-order valence-corrected chi connectivity index (χ4v) is 4.17. The zero-order valence-electron chi connectivity index (χ0n) is 13.6. The highest BCUT2D eigenvalue weighted by molar-refractivity contribution is 7.84. The summed E-state index contributed by atoms with van der Waals surface area (Å²) in [6.45, 7) is 2.45. The van der Waals surface area contributed by atoms with Crippen molar-refractivity contribution in [3.05, 3.63) is 52.8 Å². The molecule has 0 aliphatic carbocycles. The van der Waals surface area contributed by atoms with E-state index in [1.165, 1.54) is 0 Å². The topological polar surface area (TPSA) is 76.4 Å². The van der Waals surface area contributed by atoms with E-state index >= 15 is 0 Å². The maximum Gasteiger partial charge on any atom is 0.312 e. The maximum atomic E-state index is 13.1. The Morgan fingerprint density at radius 3 is 2.67 bits per heavy atom. The van der Waals surface area contributed by atoms with Gasteiger partial charge in [-0.15, -0.1) is 0 Å². The molecule has 0 saturated carbocycles. The van der Waals surface area contributed by atoms with E-state index in [2.05, 4.69) is 0 Å². The normalized spacial score (nSPS) is 18.0. The first-order chi connectivity index (χ1) is 11.4. The number of hydrogen-bond acceptors (Lipinski definition) is 3. The Labute approximate surface area is 142 Å². The van der Waals surface area contributed by atoms with Gasteiger partial charge in [0.15, 0.2) is 0 Å². The van der Waals surface area contributed by atoms with Crippen molar-refractivity contribution < 1.29 is 18.9 Å². The molecule has 24 heavy (non-hydrogen) atoms. The van der Waals surface area contributed by atoms with E-state index in [1.807, 2.05) is 11.5 Å². The van der Waals surface area contributed by atoms with Gasteiger partial charge in [0.05, 0.1) is 22.4 Å². The Morgan fingerprint density at radius 1 is 1.29 bits per heavy atom. The molecule has 0 spiro atoms. The molecule has 6 heteroatoms. The number of carbonyl (C=O) groups excluding carboxylic acids is 1. The summed E-state index contributed by atoms with van der Waals surface area (Å²) in [7, 11) is -1.27. The van der Waals surface area contributed by atoms with Gasteiger partial charge in [0.25, 0.3) is 0 Å². The van der Waals surface area contributed by atoms with Gasteiger partial charge < -0.3 is 9.67 Å². The largest absolute Gasteiger partial charge is 0.481 e. The number of benzene rings is 1. The van der Waals surface area contributed by atoms with Crippen LogP contribution in [0.15, 0.2) is 35.2 Å². The lowest BCUT2D eigenvalue weighted by Gasteiger charge is -2.23. The van der Waals surface area contributed by atoms with Gasteiger partial charge in [-0.2, -0.15) is 0 Å². The van der Waals surface area contributed by atoms with Crippen molar-refractivity contribution in [2.45, 2.75) is 37.1 Å². The first-order valence-electron chi connectivity index (χ1n) is 7.81. The Hall–Kier alpha value is -2.21. The summed E-state index contributed by atoms with van der Waals surface area (Å²) in [6.07, 6.45) is 2.86. The number of aliphatic carboxylic acids is 1. The van der Waals surface area contributed by atoms with E-state index in [-0.39, 0.29) is 5.78 Å². The van der Waals surface area contributed by atoms with Gasteiger partial charge in [-0.3, -0.25) is 13.8 Å². The molecule has 0 fully saturated rings. The average molecular weight is 345 g/mol. The number of nitrogens with zero attached hydrogens (tertiary/aromatic N) is 1. The zero-order valence-corrected chi connectivity index (χ0v) is 14.4. The average Bonchev–Trinajstić information content (AvgIpc) is 2.89. The van der Waals surface area contributed by atoms with Crippen LogP contribution in [0.4, 0.5) is 0 Å². The Morgan fingerprint density at radius 2 is 2.00 bits per heavy atom. The lowest BCUT2D eigenvalue weighted by atomic mass is 9.96. The van der Waals surface area contributed by atoms with Gasteiger partial charge in [0, 0.05) is 29.0 Å². The molecule has 2 atom stereocenters. The van der Waals surface area contributed by atoms with Crippen molar-refractivity contribution in [2.24, 2.45) is 0 Å². The van der Waals surface area contributed by atoms with Crippen molar-refractivity contribution in [1.29, 1.82) is 0 Å². The second-order valence-electron chi connectivity index (χ2n) is 6.06. The van der Waals surface area contributed by atoms with E-state index in [1.54, 1.807) is 36.6 Å². The van der Waals surface area contributed by atoms with Crippen LogP contribution in [0.3, 0.4) is 0 Å². The zero-order chi connectivity index (χ0) is 17.4. The molecule has 2 heterocycles. The first kappa shape index (κ1) is 16.6. The fraction of sp³-hybridized carbons (Fsp3) is 0.333. The molecule has 1 aliphatic heterocycles. The Bertz CT molecular complexity index is 853. The van der Waals surface area contributed by atoms with Crippen molar-refractivity contribution in [1.82, 2.24) is 4.57 Å². The number of hydrogen-bond donors (Lipinski definition) is 1. The number of carbonyl (C=O) groups is 2. The molecule has 2 aromatic rings. The number of rotatable bonds is 4. The maximum absolute atomic E-state index is 13.1. The van der Waals surface area contributed by atoms with Gasteiger partial charge in [-0.05, 0) is 43.5 Å². The molecule has 0 amide bonds. The molecule has 0 radical (unpaired) electrons. The van der Waals surface area contributed by atoms with Crippen molar-refractivity contribution in [2.75, 3.05) is 6.26 Å². The highest BCUT2D eigenvalue weighted by Gasteiger charge is 2.31. The van der Waals surface area contributed by atoms with Crippen LogP contribution in [0.1, 0.15) is 46.1 Å². The van der Waals surface area contributed by atoms with Crippen LogP contribution in [-0.4, -0.2) is 31.9 Å². The van der Waals surface area contributed by atoms with E-state index in [0.29, 0.717) is 34.8 Å². The van der Waals surface area contributed by atoms with Crippen LogP contribution in [-0.2, 0) is 22.1 Å². The molecule has 2 unspecified atom stereocenters. The minimum Gasteiger partial charge on any atom is -0.481 e. The SMILES string of the molecule is Cc1cc2n(c1C(=O)c1ccccc1S(C)=O)CCCC2C(=O)O. The first-order valence-corrected chi connectivity index (χ1v) is 9.37. The van der Waals surface area contributed by atoms with Crippen LogP contribution >= 0.6 is 0 Å². The molecule has 0 saturated heterocycles. The molecule has 126 valence electrons. The van der Waals surface area contributed by atoms with Crippen molar-refractivity contribution >= 4 is 22.6 Å². The van der Waals surface area contributed by atoms with Gasteiger partial charge in [0.1, 0.15) is 0 Å². The van der Waals surface area contributed by atoms with Crippen LogP contribution in [0.2, 0.25) is 0 Å². The standard InChI is InChI=1S/C18H19NO4S/c1-11-10-14-12(18(21)22)7-5-9-19(14)16(11)17(20)13-6-3-4-8-15(13)24(2)23/h3-4,6,8,10,12H,5,7,9H2,1-2H3,(H,21,22). The van der Waals surface area contributed by atoms with E-state index in [4.69, 9.17) is 0 Å². The summed E-state index contributed by atoms with van der Waals surface area (Å²) in [6, 6.07) is 8.68. The second-order valence-corrected chi connectivity index (χ2v) is 7.41. The molecular formula is C18H19NO4S. The van der Waals surface area contributed by atoms with Crippen molar-refractivity contribution in [3.63, 3.8) is 0 Å². The second kappa shape index (κ2) is 6.36. The molecular weight excluding hydrogens is 326 g/mol. The highest BCUT2D eigenvalue weighted by Crippen LogP contribution is 2.33. The van der Waals surface area contributed by atoms with Crippen molar-refractivity contribution in [3.8, 4) is 0 Å². The Kier molecular flexibility index (Phi) is 4.41. The highest BCUT2D eigenvalue weighted by atomic mass is 32.2. The summed E-state index contributed by atoms with van der Waals surface area (Å²) < 4.78 is 13.8. The van der Waals surface area contributed by atoms with Gasteiger partial charge in [0.2, 0.25) is 5.78 Å². The number of fused-ring (bicyclic) bond motifs is 1. The number of carboxylic acid groups (broad SMARTS) is 1. The smallest absolute Gasteiger partial charge is 0.312 e. The third-order valence-electron chi connectivity index (χ3n) is 4.51. The molecule has 1 aromatic carbocycles. The van der Waals surface area contributed by atoms with E-state index < -0.39 is 22.7 Å². The number of aromatic nitrogens is 1. The van der Waals surface area contributed by atoms with Crippen LogP contribution < -0.4 is 0 Å². The van der Waals surface area contributed by atoms with Gasteiger partial charge in [-0.25, -0.2) is 0 Å².